The highest BCUT2D eigenvalue weighted by Gasteiger charge is 2.64. The lowest BCUT2D eigenvalue weighted by Gasteiger charge is -2.38. The molecule has 3 saturated carbocycles. The fourth-order valence-electron chi connectivity index (χ4n) is 10.4. The number of sulfonamides is 1. The van der Waals surface area contributed by atoms with Gasteiger partial charge in [-0.05, 0) is 79.4 Å². The van der Waals surface area contributed by atoms with Crippen LogP contribution in [0.2, 0.25) is 0 Å². The van der Waals surface area contributed by atoms with Crippen molar-refractivity contribution in [3.63, 3.8) is 0 Å². The summed E-state index contributed by atoms with van der Waals surface area (Å²) in [5.41, 5.74) is 0.444. The average molecular weight is 962 g/mol. The van der Waals surface area contributed by atoms with Crippen molar-refractivity contribution in [3.8, 4) is 22.8 Å². The summed E-state index contributed by atoms with van der Waals surface area (Å²) in [4.78, 5) is 64.7. The monoisotopic (exact) mass is 961 g/mol. The van der Waals surface area contributed by atoms with Gasteiger partial charge in [0.25, 0.3) is 5.91 Å². The van der Waals surface area contributed by atoms with Gasteiger partial charge in [-0.1, -0.05) is 115 Å². The molecule has 1 aromatic heterocycles. The summed E-state index contributed by atoms with van der Waals surface area (Å²) < 4.78 is 47.7. The Morgan fingerprint density at radius 2 is 1.65 bits per heavy atom. The minimum atomic E-state index is -4.19. The molecule has 4 aliphatic rings. The van der Waals surface area contributed by atoms with Crippen LogP contribution in [0.3, 0.4) is 0 Å². The number of nitrogens with zero attached hydrogens (tertiary/aromatic N) is 2. The molecule has 69 heavy (non-hydrogen) atoms. The Morgan fingerprint density at radius 1 is 0.957 bits per heavy atom. The SMILES string of the molecule is C=C[C@@H]1C[C@]1(NC(=O)[C@@H]1C[C@@H](Oc2cc(-c3ccccc3)nc3cc(OC)ccc23)CN1C(=O)[C@@H](NC(=O)O[C@@H]1C[C@H](C)CC[C@H]1C(C)C)C(C)(C)C)C(=O)NS(=O)(=O)C1(Cc2ccccc2)CC1. The Kier molecular flexibility index (Phi) is 13.9. The number of ether oxygens (including phenoxy) is 3. The summed E-state index contributed by atoms with van der Waals surface area (Å²) in [6.45, 7) is 15.7. The van der Waals surface area contributed by atoms with E-state index in [1.807, 2.05) is 99.6 Å². The van der Waals surface area contributed by atoms with Gasteiger partial charge in [0.2, 0.25) is 21.8 Å². The number of aromatic nitrogens is 1. The number of carbonyl (C=O) groups is 4. The molecule has 1 aliphatic heterocycles. The molecule has 14 nitrogen and oxygen atoms in total. The molecule has 3 aliphatic carbocycles. The molecule has 4 fully saturated rings. The van der Waals surface area contributed by atoms with E-state index in [0.29, 0.717) is 52.8 Å². The van der Waals surface area contributed by atoms with Crippen molar-refractivity contribution in [2.45, 2.75) is 127 Å². The second kappa shape index (κ2) is 19.4. The minimum absolute atomic E-state index is 0.00446. The minimum Gasteiger partial charge on any atom is -0.497 e. The summed E-state index contributed by atoms with van der Waals surface area (Å²) in [5.74, 6) is -0.725. The van der Waals surface area contributed by atoms with Gasteiger partial charge in [0, 0.05) is 35.4 Å². The molecule has 0 bridgehead atoms. The van der Waals surface area contributed by atoms with Gasteiger partial charge in [-0.15, -0.1) is 6.58 Å². The first-order chi connectivity index (χ1) is 32.8. The number of nitrogens with one attached hydrogen (secondary N) is 3. The lowest BCUT2D eigenvalue weighted by Crippen LogP contribution is -2.60. The first-order valence-electron chi connectivity index (χ1n) is 24.3. The molecule has 3 aromatic carbocycles. The number of rotatable bonds is 16. The maximum atomic E-state index is 15.2. The van der Waals surface area contributed by atoms with Crippen LogP contribution >= 0.6 is 0 Å². The van der Waals surface area contributed by atoms with E-state index >= 15 is 4.79 Å². The maximum absolute atomic E-state index is 15.2. The third-order valence-electron chi connectivity index (χ3n) is 14.8. The van der Waals surface area contributed by atoms with Crippen molar-refractivity contribution < 1.29 is 41.8 Å². The van der Waals surface area contributed by atoms with E-state index in [1.54, 1.807) is 13.2 Å². The molecule has 368 valence electrons. The van der Waals surface area contributed by atoms with Crippen LogP contribution in [0.5, 0.6) is 11.5 Å². The number of carbonyl (C=O) groups excluding carboxylic acids is 4. The number of pyridine rings is 1. The number of methoxy groups -OCH3 is 1. The molecule has 3 N–H and O–H groups in total. The van der Waals surface area contributed by atoms with Crippen LogP contribution in [0.25, 0.3) is 22.2 Å². The molecule has 0 radical (unpaired) electrons. The van der Waals surface area contributed by atoms with E-state index in [9.17, 15) is 22.8 Å². The van der Waals surface area contributed by atoms with Crippen LogP contribution in [-0.4, -0.2) is 90.3 Å². The number of benzene rings is 3. The Hall–Kier alpha value is -5.96. The summed E-state index contributed by atoms with van der Waals surface area (Å²) in [6, 6.07) is 23.9. The largest absolute Gasteiger partial charge is 0.497 e. The lowest BCUT2D eigenvalue weighted by atomic mass is 9.75. The molecule has 4 aromatic rings. The van der Waals surface area contributed by atoms with Crippen molar-refractivity contribution in [2.24, 2.45) is 29.1 Å². The van der Waals surface area contributed by atoms with Gasteiger partial charge in [-0.2, -0.15) is 0 Å². The molecular weight excluding hydrogens is 895 g/mol. The number of amides is 4. The van der Waals surface area contributed by atoms with E-state index in [4.69, 9.17) is 19.2 Å². The van der Waals surface area contributed by atoms with Crippen LogP contribution in [-0.2, 0) is 35.6 Å². The quantitative estimate of drug-likeness (QED) is 0.0928. The van der Waals surface area contributed by atoms with Gasteiger partial charge in [0.15, 0.2) is 0 Å². The molecule has 8 rings (SSSR count). The van der Waals surface area contributed by atoms with E-state index in [2.05, 4.69) is 42.7 Å². The van der Waals surface area contributed by atoms with Crippen molar-refractivity contribution in [2.75, 3.05) is 13.7 Å². The third kappa shape index (κ3) is 10.5. The van der Waals surface area contributed by atoms with Crippen LogP contribution in [0.4, 0.5) is 4.79 Å². The van der Waals surface area contributed by atoms with Crippen LogP contribution in [0.15, 0.2) is 97.6 Å². The average Bonchev–Trinajstić information content (AvgIpc) is 4.22. The Morgan fingerprint density at radius 3 is 2.28 bits per heavy atom. The second-order valence-electron chi connectivity index (χ2n) is 21.2. The van der Waals surface area contributed by atoms with Crippen molar-refractivity contribution >= 4 is 44.7 Å². The van der Waals surface area contributed by atoms with E-state index in [1.165, 1.54) is 11.0 Å². The number of fused-ring (bicyclic) bond motifs is 1. The molecular formula is C54H67N5O9S. The summed E-state index contributed by atoms with van der Waals surface area (Å²) in [5, 5.41) is 6.51. The van der Waals surface area contributed by atoms with Crippen molar-refractivity contribution in [1.82, 2.24) is 25.2 Å². The van der Waals surface area contributed by atoms with Gasteiger partial charge in [0.1, 0.15) is 41.3 Å². The summed E-state index contributed by atoms with van der Waals surface area (Å²) >= 11 is 0. The molecule has 2 heterocycles. The normalized spacial score (nSPS) is 25.5. The first kappa shape index (κ1) is 49.5. The van der Waals surface area contributed by atoms with E-state index < -0.39 is 73.6 Å². The summed E-state index contributed by atoms with van der Waals surface area (Å²) in [7, 11) is -2.61. The molecule has 1 saturated heterocycles. The molecule has 15 heteroatoms. The van der Waals surface area contributed by atoms with E-state index in [0.717, 1.165) is 30.4 Å². The second-order valence-corrected chi connectivity index (χ2v) is 23.3. The number of likely N-dealkylation sites (tertiary alicyclic amines) is 1. The number of alkyl carbamates (subject to hydrolysis) is 1. The zero-order chi connectivity index (χ0) is 49.5. The number of hydrogen-bond donors (Lipinski definition) is 3. The van der Waals surface area contributed by atoms with Crippen LogP contribution < -0.4 is 24.8 Å². The third-order valence-corrected chi connectivity index (χ3v) is 17.0. The zero-order valence-corrected chi connectivity index (χ0v) is 41.6. The predicted octanol–water partition coefficient (Wildman–Crippen LogP) is 8.14. The van der Waals surface area contributed by atoms with Gasteiger partial charge in [-0.25, -0.2) is 18.2 Å². The van der Waals surface area contributed by atoms with Crippen molar-refractivity contribution in [1.29, 1.82) is 0 Å². The highest BCUT2D eigenvalue weighted by atomic mass is 32.2. The standard InChI is InChI=1S/C54H67N5O9S/c1-9-37-31-54(37,50(62)58-69(64,65)53(24-25-53)30-35-16-12-10-13-17-35)57-48(60)44-28-39(67-46-29-42(36-18-14-11-15-19-36)55-43-27-38(66-8)21-23-41(43)46)32-59(44)49(61)47(52(5,6)7)56-51(63)68-45-26-34(4)20-22-40(45)33(2)3/h9-19,21,23,27,29,33-34,37,39-40,44-45,47H,1,20,22,24-26,28,30-32H2,2-8H3,(H,56,63)(H,57,60)(H,58,62)/t34-,37-,39-,40+,44+,45-,47-,54-/m1/s1. The maximum Gasteiger partial charge on any atom is 0.408 e. The Balaban J connectivity index is 1.09. The molecule has 0 spiro atoms. The van der Waals surface area contributed by atoms with Crippen LogP contribution in [0, 0.1) is 29.1 Å². The fraction of sp³-hybridized carbons (Fsp3) is 0.500. The van der Waals surface area contributed by atoms with Gasteiger partial charge in [0.05, 0.1) is 29.6 Å². The topological polar surface area (TPSA) is 182 Å². The fourth-order valence-corrected chi connectivity index (χ4v) is 12.0. The zero-order valence-electron chi connectivity index (χ0n) is 40.8. The van der Waals surface area contributed by atoms with Gasteiger partial charge in [-0.3, -0.25) is 19.1 Å². The first-order valence-corrected chi connectivity index (χ1v) is 25.8. The summed E-state index contributed by atoms with van der Waals surface area (Å²) in [6.07, 6.45) is 3.58. The molecule has 0 unspecified atom stereocenters. The lowest BCUT2D eigenvalue weighted by molar-refractivity contribution is -0.143. The highest BCUT2D eigenvalue weighted by molar-refractivity contribution is 7.91. The van der Waals surface area contributed by atoms with Crippen LogP contribution in [0.1, 0.15) is 92.1 Å². The molecule has 4 amide bonds. The smallest absolute Gasteiger partial charge is 0.408 e. The van der Waals surface area contributed by atoms with Gasteiger partial charge < -0.3 is 29.7 Å². The van der Waals surface area contributed by atoms with E-state index in [-0.39, 0.29) is 37.8 Å². The Bertz CT molecular complexity index is 2690. The van der Waals surface area contributed by atoms with Gasteiger partial charge >= 0.3 is 6.09 Å². The predicted molar refractivity (Wildman–Crippen MR) is 265 cm³/mol. The Labute approximate surface area is 406 Å². The van der Waals surface area contributed by atoms with Crippen molar-refractivity contribution in [3.05, 3.63) is 103 Å². The highest BCUT2D eigenvalue weighted by Crippen LogP contribution is 2.49. The molecule has 8 atom stereocenters. The number of hydrogen-bond acceptors (Lipinski definition) is 10.